The lowest BCUT2D eigenvalue weighted by Crippen LogP contribution is -2.38. The van der Waals surface area contributed by atoms with Crippen LogP contribution >= 0.6 is 15.9 Å². The Morgan fingerprint density at radius 2 is 2.05 bits per heavy atom. The standard InChI is InChI=1S/C15H23BrN2O2/c1-10(2)12-7-11(16)5-6-13(12)18-14(20)17-8-15(3,4)9-19/h5-7,10,19H,8-9H2,1-4H3,(H2,17,18,20). The summed E-state index contributed by atoms with van der Waals surface area (Å²) in [5, 5.41) is 14.8. The highest BCUT2D eigenvalue weighted by Crippen LogP contribution is 2.27. The number of aliphatic hydroxyl groups is 1. The van der Waals surface area contributed by atoms with E-state index in [0.29, 0.717) is 12.5 Å². The molecule has 20 heavy (non-hydrogen) atoms. The molecule has 1 rings (SSSR count). The van der Waals surface area contributed by atoms with Gasteiger partial charge in [0.05, 0.1) is 0 Å². The van der Waals surface area contributed by atoms with Gasteiger partial charge in [-0.15, -0.1) is 0 Å². The average molecular weight is 343 g/mol. The summed E-state index contributed by atoms with van der Waals surface area (Å²) in [4.78, 5) is 11.9. The Labute approximate surface area is 129 Å². The van der Waals surface area contributed by atoms with E-state index >= 15 is 0 Å². The van der Waals surface area contributed by atoms with Gasteiger partial charge in [-0.1, -0.05) is 43.6 Å². The highest BCUT2D eigenvalue weighted by Gasteiger charge is 2.18. The second-order valence-corrected chi connectivity index (χ2v) is 6.93. The Bertz CT molecular complexity index is 473. The average Bonchev–Trinajstić information content (AvgIpc) is 2.38. The fourth-order valence-electron chi connectivity index (χ4n) is 1.67. The van der Waals surface area contributed by atoms with Crippen LogP contribution < -0.4 is 10.6 Å². The van der Waals surface area contributed by atoms with E-state index in [1.165, 1.54) is 0 Å². The lowest BCUT2D eigenvalue weighted by molar-refractivity contribution is 0.158. The molecule has 0 radical (unpaired) electrons. The number of rotatable bonds is 5. The number of aliphatic hydroxyl groups excluding tert-OH is 1. The number of halogens is 1. The van der Waals surface area contributed by atoms with Crippen molar-refractivity contribution in [2.45, 2.75) is 33.6 Å². The van der Waals surface area contributed by atoms with Crippen LogP contribution in [0.15, 0.2) is 22.7 Å². The molecular weight excluding hydrogens is 320 g/mol. The number of hydrogen-bond donors (Lipinski definition) is 3. The Balaban J connectivity index is 2.71. The Kier molecular flexibility index (Phi) is 6.02. The van der Waals surface area contributed by atoms with Gasteiger partial charge in [-0.3, -0.25) is 0 Å². The minimum absolute atomic E-state index is 0.0306. The second kappa shape index (κ2) is 7.09. The Hall–Kier alpha value is -1.07. The summed E-state index contributed by atoms with van der Waals surface area (Å²) >= 11 is 3.44. The third kappa shape index (κ3) is 5.13. The maximum absolute atomic E-state index is 11.9. The summed E-state index contributed by atoms with van der Waals surface area (Å²) in [5.41, 5.74) is 1.57. The molecule has 0 unspecified atom stereocenters. The Morgan fingerprint density at radius 1 is 1.40 bits per heavy atom. The van der Waals surface area contributed by atoms with E-state index in [0.717, 1.165) is 15.7 Å². The third-order valence-corrected chi connectivity index (χ3v) is 3.53. The number of anilines is 1. The molecule has 0 aliphatic heterocycles. The smallest absolute Gasteiger partial charge is 0.319 e. The van der Waals surface area contributed by atoms with Crippen molar-refractivity contribution in [2.75, 3.05) is 18.5 Å². The van der Waals surface area contributed by atoms with Crippen LogP contribution in [0.1, 0.15) is 39.2 Å². The van der Waals surface area contributed by atoms with Crippen molar-refractivity contribution in [3.63, 3.8) is 0 Å². The second-order valence-electron chi connectivity index (χ2n) is 6.02. The number of carbonyl (C=O) groups excluding carboxylic acids is 1. The number of carbonyl (C=O) groups is 1. The zero-order valence-corrected chi connectivity index (χ0v) is 14.0. The van der Waals surface area contributed by atoms with Crippen LogP contribution in [0.25, 0.3) is 0 Å². The first-order valence-corrected chi connectivity index (χ1v) is 7.49. The minimum Gasteiger partial charge on any atom is -0.396 e. The third-order valence-electron chi connectivity index (χ3n) is 3.04. The van der Waals surface area contributed by atoms with Gasteiger partial charge in [0.1, 0.15) is 0 Å². The quantitative estimate of drug-likeness (QED) is 0.763. The fraction of sp³-hybridized carbons (Fsp3) is 0.533. The molecule has 0 spiro atoms. The van der Waals surface area contributed by atoms with Crippen molar-refractivity contribution >= 4 is 27.6 Å². The lowest BCUT2D eigenvalue weighted by atomic mass is 9.95. The predicted molar refractivity (Wildman–Crippen MR) is 86.1 cm³/mol. The van der Waals surface area contributed by atoms with Gasteiger partial charge in [-0.2, -0.15) is 0 Å². The number of nitrogens with one attached hydrogen (secondary N) is 2. The van der Waals surface area contributed by atoms with Crippen LogP contribution in [-0.2, 0) is 0 Å². The van der Waals surface area contributed by atoms with E-state index in [-0.39, 0.29) is 18.1 Å². The van der Waals surface area contributed by atoms with Crippen molar-refractivity contribution in [1.82, 2.24) is 5.32 Å². The number of benzene rings is 1. The summed E-state index contributed by atoms with van der Waals surface area (Å²) in [6.07, 6.45) is 0. The zero-order valence-electron chi connectivity index (χ0n) is 12.5. The number of amides is 2. The van der Waals surface area contributed by atoms with Crippen LogP contribution in [0.3, 0.4) is 0 Å². The van der Waals surface area contributed by atoms with Crippen molar-refractivity contribution in [1.29, 1.82) is 0 Å². The SMILES string of the molecule is CC(C)c1cc(Br)ccc1NC(=O)NCC(C)(C)CO. The summed E-state index contributed by atoms with van der Waals surface area (Å²) in [5.74, 6) is 0.316. The van der Waals surface area contributed by atoms with Crippen LogP contribution in [0, 0.1) is 5.41 Å². The summed E-state index contributed by atoms with van der Waals surface area (Å²) in [6.45, 7) is 8.41. The maximum atomic E-state index is 11.9. The summed E-state index contributed by atoms with van der Waals surface area (Å²) in [6, 6.07) is 5.54. The molecule has 1 aromatic rings. The van der Waals surface area contributed by atoms with E-state index in [4.69, 9.17) is 5.11 Å². The molecule has 0 aliphatic rings. The molecular formula is C15H23BrN2O2. The highest BCUT2D eigenvalue weighted by atomic mass is 79.9. The van der Waals surface area contributed by atoms with Gasteiger partial charge in [0.2, 0.25) is 0 Å². The van der Waals surface area contributed by atoms with Gasteiger partial charge in [0, 0.05) is 28.7 Å². The molecule has 0 atom stereocenters. The maximum Gasteiger partial charge on any atom is 0.319 e. The van der Waals surface area contributed by atoms with Crippen LogP contribution in [0.2, 0.25) is 0 Å². The van der Waals surface area contributed by atoms with Crippen molar-refractivity contribution in [3.8, 4) is 0 Å². The zero-order chi connectivity index (χ0) is 15.3. The number of hydrogen-bond acceptors (Lipinski definition) is 2. The van der Waals surface area contributed by atoms with Crippen LogP contribution in [0.5, 0.6) is 0 Å². The first kappa shape index (κ1) is 17.0. The van der Waals surface area contributed by atoms with Crippen molar-refractivity contribution in [2.24, 2.45) is 5.41 Å². The molecule has 112 valence electrons. The van der Waals surface area contributed by atoms with Gasteiger partial charge < -0.3 is 15.7 Å². The summed E-state index contributed by atoms with van der Waals surface area (Å²) < 4.78 is 0.994. The van der Waals surface area contributed by atoms with E-state index < -0.39 is 0 Å². The van der Waals surface area contributed by atoms with Crippen molar-refractivity contribution in [3.05, 3.63) is 28.2 Å². The van der Waals surface area contributed by atoms with Gasteiger partial charge >= 0.3 is 6.03 Å². The monoisotopic (exact) mass is 342 g/mol. The molecule has 0 aliphatic carbocycles. The molecule has 5 heteroatoms. The van der Waals surface area contributed by atoms with Gasteiger partial charge in [-0.25, -0.2) is 4.79 Å². The molecule has 2 amide bonds. The normalized spacial score (nSPS) is 11.6. The van der Waals surface area contributed by atoms with Crippen LogP contribution in [-0.4, -0.2) is 24.3 Å². The molecule has 3 N–H and O–H groups in total. The molecule has 4 nitrogen and oxygen atoms in total. The van der Waals surface area contributed by atoms with Crippen molar-refractivity contribution < 1.29 is 9.90 Å². The fourth-order valence-corrected chi connectivity index (χ4v) is 2.05. The van der Waals surface area contributed by atoms with Gasteiger partial charge in [0.25, 0.3) is 0 Å². The van der Waals surface area contributed by atoms with E-state index in [1.54, 1.807) is 0 Å². The molecule has 0 saturated carbocycles. The largest absolute Gasteiger partial charge is 0.396 e. The molecule has 0 fully saturated rings. The lowest BCUT2D eigenvalue weighted by Gasteiger charge is -2.22. The van der Waals surface area contributed by atoms with E-state index in [9.17, 15) is 4.79 Å². The molecule has 0 saturated heterocycles. The Morgan fingerprint density at radius 3 is 2.60 bits per heavy atom. The van der Waals surface area contributed by atoms with Crippen LogP contribution in [0.4, 0.5) is 10.5 Å². The minimum atomic E-state index is -0.321. The first-order chi connectivity index (χ1) is 9.25. The summed E-state index contributed by atoms with van der Waals surface area (Å²) in [7, 11) is 0. The van der Waals surface area contributed by atoms with E-state index in [2.05, 4.69) is 40.4 Å². The first-order valence-electron chi connectivity index (χ1n) is 6.70. The highest BCUT2D eigenvalue weighted by molar-refractivity contribution is 9.10. The molecule has 1 aromatic carbocycles. The molecule has 0 heterocycles. The van der Waals surface area contributed by atoms with Gasteiger partial charge in [-0.05, 0) is 29.7 Å². The molecule has 0 bridgehead atoms. The topological polar surface area (TPSA) is 61.4 Å². The molecule has 0 aromatic heterocycles. The predicted octanol–water partition coefficient (Wildman–Crippen LogP) is 3.71. The number of urea groups is 1. The van der Waals surface area contributed by atoms with Gasteiger partial charge in [0.15, 0.2) is 0 Å². The van der Waals surface area contributed by atoms with E-state index in [1.807, 2.05) is 32.0 Å².